The molecule has 0 saturated carbocycles. The van der Waals surface area contributed by atoms with Gasteiger partial charge in [0.1, 0.15) is 5.75 Å². The van der Waals surface area contributed by atoms with Crippen LogP contribution in [-0.4, -0.2) is 63.4 Å². The molecule has 1 aromatic carbocycles. The van der Waals surface area contributed by atoms with Crippen molar-refractivity contribution in [2.45, 2.75) is 18.6 Å². The summed E-state index contributed by atoms with van der Waals surface area (Å²) in [4.78, 5) is 14.8. The van der Waals surface area contributed by atoms with Crippen LogP contribution in [0.4, 0.5) is 0 Å². The number of rotatable bonds is 6. The van der Waals surface area contributed by atoms with E-state index in [1.165, 1.54) is 7.11 Å². The number of nitrogens with two attached hydrogens (primary N) is 1. The quantitative estimate of drug-likeness (QED) is 0.811. The lowest BCUT2D eigenvalue weighted by molar-refractivity contribution is 0.00735. The van der Waals surface area contributed by atoms with Crippen molar-refractivity contribution in [3.05, 3.63) is 28.8 Å². The van der Waals surface area contributed by atoms with Gasteiger partial charge in [-0.2, -0.15) is 0 Å². The van der Waals surface area contributed by atoms with Gasteiger partial charge < -0.3 is 20.5 Å². The van der Waals surface area contributed by atoms with E-state index in [2.05, 4.69) is 10.2 Å². The van der Waals surface area contributed by atoms with Crippen LogP contribution in [0, 0.1) is 0 Å². The first-order chi connectivity index (χ1) is 11.1. The first kappa shape index (κ1) is 18.0. The molecule has 0 aliphatic carbocycles. The number of hydrogen-bond acceptors (Lipinski definition) is 5. The van der Waals surface area contributed by atoms with Crippen molar-refractivity contribution in [2.24, 2.45) is 5.73 Å². The average Bonchev–Trinajstić information content (AvgIpc) is 2.56. The van der Waals surface area contributed by atoms with E-state index in [0.29, 0.717) is 22.9 Å². The minimum Gasteiger partial charge on any atom is -0.496 e. The van der Waals surface area contributed by atoms with Crippen molar-refractivity contribution < 1.29 is 14.3 Å². The zero-order valence-corrected chi connectivity index (χ0v) is 14.3. The number of nitrogens with one attached hydrogen (secondary N) is 1. The lowest BCUT2D eigenvalue weighted by atomic mass is 10.0. The molecule has 23 heavy (non-hydrogen) atoms. The summed E-state index contributed by atoms with van der Waals surface area (Å²) in [5.74, 6) is 0.296. The molecular weight excluding hydrogens is 318 g/mol. The number of ether oxygens (including phenoxy) is 2. The van der Waals surface area contributed by atoms with Gasteiger partial charge in [0.15, 0.2) is 0 Å². The molecule has 0 radical (unpaired) electrons. The van der Waals surface area contributed by atoms with E-state index in [1.807, 2.05) is 0 Å². The number of nitrogens with zero attached hydrogens (tertiary/aromatic N) is 1. The molecule has 1 aliphatic rings. The third-order valence-corrected chi connectivity index (χ3v) is 4.35. The Morgan fingerprint density at radius 3 is 2.91 bits per heavy atom. The Labute approximate surface area is 141 Å². The molecule has 128 valence electrons. The highest BCUT2D eigenvalue weighted by molar-refractivity contribution is 6.31. The molecule has 2 rings (SSSR count). The minimum atomic E-state index is -0.205. The van der Waals surface area contributed by atoms with E-state index in [-0.39, 0.29) is 18.1 Å². The van der Waals surface area contributed by atoms with Gasteiger partial charge >= 0.3 is 0 Å². The molecule has 7 heteroatoms. The molecule has 1 fully saturated rings. The molecule has 1 heterocycles. The van der Waals surface area contributed by atoms with Crippen LogP contribution in [0.15, 0.2) is 18.2 Å². The summed E-state index contributed by atoms with van der Waals surface area (Å²) < 4.78 is 10.8. The predicted octanol–water partition coefficient (Wildman–Crippen LogP) is 1.13. The van der Waals surface area contributed by atoms with Gasteiger partial charge in [-0.15, -0.1) is 0 Å². The first-order valence-electron chi connectivity index (χ1n) is 7.68. The standard InChI is InChI=1S/C16H24ClN3O3/c1-22-14-4-3-11(17)9-12(14)16(21)19-13-5-7-20(8-6-18)10-15(13)23-2/h3-4,9,13,15H,5-8,10,18H2,1-2H3,(H,19,21). The third-order valence-electron chi connectivity index (χ3n) is 4.11. The van der Waals surface area contributed by atoms with Crippen molar-refractivity contribution in [3.63, 3.8) is 0 Å². The summed E-state index contributed by atoms with van der Waals surface area (Å²) in [6.45, 7) is 3.09. The predicted molar refractivity (Wildman–Crippen MR) is 90.2 cm³/mol. The summed E-state index contributed by atoms with van der Waals surface area (Å²) in [5.41, 5.74) is 6.03. The van der Waals surface area contributed by atoms with Crippen molar-refractivity contribution >= 4 is 17.5 Å². The molecule has 1 aromatic rings. The van der Waals surface area contributed by atoms with Crippen LogP contribution in [0.5, 0.6) is 5.75 Å². The number of carbonyl (C=O) groups excluding carboxylic acids is 1. The van der Waals surface area contributed by atoms with Gasteiger partial charge in [-0.25, -0.2) is 0 Å². The van der Waals surface area contributed by atoms with Gasteiger partial charge in [0.2, 0.25) is 0 Å². The number of amides is 1. The van der Waals surface area contributed by atoms with Gasteiger partial charge in [0, 0.05) is 38.3 Å². The maximum atomic E-state index is 12.6. The lowest BCUT2D eigenvalue weighted by Gasteiger charge is -2.38. The fourth-order valence-corrected chi connectivity index (χ4v) is 3.05. The molecule has 3 N–H and O–H groups in total. The van der Waals surface area contributed by atoms with Crippen LogP contribution >= 0.6 is 11.6 Å². The third kappa shape index (κ3) is 4.57. The second-order valence-corrected chi connectivity index (χ2v) is 6.01. The first-order valence-corrected chi connectivity index (χ1v) is 8.06. The highest BCUT2D eigenvalue weighted by Gasteiger charge is 2.30. The highest BCUT2D eigenvalue weighted by Crippen LogP contribution is 2.23. The Kier molecular flexibility index (Phi) is 6.65. The topological polar surface area (TPSA) is 76.8 Å². The van der Waals surface area contributed by atoms with Crippen LogP contribution in [0.1, 0.15) is 16.8 Å². The van der Waals surface area contributed by atoms with E-state index in [1.54, 1.807) is 25.3 Å². The van der Waals surface area contributed by atoms with Crippen LogP contribution in [0.3, 0.4) is 0 Å². The summed E-state index contributed by atoms with van der Waals surface area (Å²) in [6.07, 6.45) is 0.747. The number of benzene rings is 1. The Hall–Kier alpha value is -1.34. The van der Waals surface area contributed by atoms with E-state index < -0.39 is 0 Å². The molecule has 1 aliphatic heterocycles. The summed E-state index contributed by atoms with van der Waals surface area (Å²) in [6, 6.07) is 4.95. The molecule has 0 aromatic heterocycles. The van der Waals surface area contributed by atoms with Crippen molar-refractivity contribution in [3.8, 4) is 5.75 Å². The average molecular weight is 342 g/mol. The van der Waals surface area contributed by atoms with Gasteiger partial charge in [-0.1, -0.05) is 11.6 Å². The Balaban J connectivity index is 2.06. The summed E-state index contributed by atoms with van der Waals surface area (Å²) in [5, 5.41) is 3.54. The van der Waals surface area contributed by atoms with E-state index in [0.717, 1.165) is 26.1 Å². The number of likely N-dealkylation sites (tertiary alicyclic amines) is 1. The largest absolute Gasteiger partial charge is 0.496 e. The number of methoxy groups -OCH3 is 2. The van der Waals surface area contributed by atoms with Crippen molar-refractivity contribution in [1.82, 2.24) is 10.2 Å². The van der Waals surface area contributed by atoms with Crippen molar-refractivity contribution in [1.29, 1.82) is 0 Å². The molecule has 2 atom stereocenters. The maximum absolute atomic E-state index is 12.6. The highest BCUT2D eigenvalue weighted by atomic mass is 35.5. The van der Waals surface area contributed by atoms with E-state index in [9.17, 15) is 4.79 Å². The Bertz CT molecular complexity index is 541. The van der Waals surface area contributed by atoms with Gasteiger partial charge in [0.25, 0.3) is 5.91 Å². The van der Waals surface area contributed by atoms with Gasteiger partial charge in [-0.3, -0.25) is 9.69 Å². The van der Waals surface area contributed by atoms with Crippen molar-refractivity contribution in [2.75, 3.05) is 40.4 Å². The van der Waals surface area contributed by atoms with Gasteiger partial charge in [-0.05, 0) is 24.6 Å². The Morgan fingerprint density at radius 1 is 1.48 bits per heavy atom. The molecular formula is C16H24ClN3O3. The van der Waals surface area contributed by atoms with Crippen LogP contribution < -0.4 is 15.8 Å². The lowest BCUT2D eigenvalue weighted by Crippen LogP contribution is -2.55. The molecule has 0 bridgehead atoms. The summed E-state index contributed by atoms with van der Waals surface area (Å²) in [7, 11) is 3.19. The molecule has 1 amide bonds. The van der Waals surface area contributed by atoms with Crippen LogP contribution in [-0.2, 0) is 4.74 Å². The monoisotopic (exact) mass is 341 g/mol. The fourth-order valence-electron chi connectivity index (χ4n) is 2.87. The zero-order chi connectivity index (χ0) is 16.8. The number of piperidine rings is 1. The normalized spacial score (nSPS) is 21.9. The second kappa shape index (κ2) is 8.49. The molecule has 6 nitrogen and oxygen atoms in total. The number of hydrogen-bond donors (Lipinski definition) is 2. The van der Waals surface area contributed by atoms with Crippen LogP contribution in [0.2, 0.25) is 5.02 Å². The zero-order valence-electron chi connectivity index (χ0n) is 13.5. The second-order valence-electron chi connectivity index (χ2n) is 5.58. The van der Waals surface area contributed by atoms with E-state index in [4.69, 9.17) is 26.8 Å². The molecule has 2 unspecified atom stereocenters. The fraction of sp³-hybridized carbons (Fsp3) is 0.562. The SMILES string of the molecule is COc1ccc(Cl)cc1C(=O)NC1CCN(CCN)CC1OC. The smallest absolute Gasteiger partial charge is 0.255 e. The number of halogens is 1. The molecule has 0 spiro atoms. The van der Waals surface area contributed by atoms with E-state index >= 15 is 0 Å². The molecule has 1 saturated heterocycles. The Morgan fingerprint density at radius 2 is 2.26 bits per heavy atom. The summed E-state index contributed by atoms with van der Waals surface area (Å²) >= 11 is 5.99. The maximum Gasteiger partial charge on any atom is 0.255 e. The van der Waals surface area contributed by atoms with Crippen LogP contribution in [0.25, 0.3) is 0 Å². The van der Waals surface area contributed by atoms with Gasteiger partial charge in [0.05, 0.1) is 24.8 Å². The minimum absolute atomic E-state index is 0.0507. The number of carbonyl (C=O) groups is 1.